The molecule has 1 aromatic carbocycles. The van der Waals surface area contributed by atoms with E-state index < -0.39 is 17.2 Å². The Morgan fingerprint density at radius 3 is 2.61 bits per heavy atom. The summed E-state index contributed by atoms with van der Waals surface area (Å²) in [5.41, 5.74) is -0.587. The fraction of sp³-hybridized carbons (Fsp3) is 0.462. The van der Waals surface area contributed by atoms with E-state index in [2.05, 4.69) is 5.32 Å². The summed E-state index contributed by atoms with van der Waals surface area (Å²) >= 11 is 5.47. The normalized spacial score (nSPS) is 17.7. The Morgan fingerprint density at radius 2 is 2.00 bits per heavy atom. The molecule has 0 aliphatic heterocycles. The summed E-state index contributed by atoms with van der Waals surface area (Å²) in [6.07, 6.45) is 2.96. The molecular formula is C13H14ClF2NO. The number of hydrogen-bond donors (Lipinski definition) is 1. The maximum absolute atomic E-state index is 13.9. The minimum atomic E-state index is -0.807. The van der Waals surface area contributed by atoms with Gasteiger partial charge in [-0.2, -0.15) is 0 Å². The average Bonchev–Trinajstić information content (AvgIpc) is 2.81. The first kappa shape index (κ1) is 13.3. The highest BCUT2D eigenvalue weighted by Gasteiger charge is 2.39. The van der Waals surface area contributed by atoms with E-state index in [0.29, 0.717) is 12.8 Å². The number of alkyl halides is 1. The van der Waals surface area contributed by atoms with E-state index in [0.717, 1.165) is 31.0 Å². The standard InChI is InChI=1S/C13H14ClF2NO/c14-8-12(18)17-13(5-1-2-6-13)10-7-9(15)3-4-11(10)16/h3-4,7H,1-2,5-6,8H2,(H,17,18). The molecular weight excluding hydrogens is 260 g/mol. The molecule has 5 heteroatoms. The van der Waals surface area contributed by atoms with Gasteiger partial charge in [0.2, 0.25) is 5.91 Å². The largest absolute Gasteiger partial charge is 0.345 e. The van der Waals surface area contributed by atoms with E-state index in [1.807, 2.05) is 0 Å². The van der Waals surface area contributed by atoms with Crippen molar-refractivity contribution in [1.29, 1.82) is 0 Å². The van der Waals surface area contributed by atoms with E-state index in [9.17, 15) is 13.6 Å². The van der Waals surface area contributed by atoms with E-state index in [4.69, 9.17) is 11.6 Å². The van der Waals surface area contributed by atoms with Crippen molar-refractivity contribution in [3.63, 3.8) is 0 Å². The lowest BCUT2D eigenvalue weighted by Crippen LogP contribution is -2.45. The summed E-state index contributed by atoms with van der Waals surface area (Å²) in [6.45, 7) is 0. The Morgan fingerprint density at radius 1 is 1.33 bits per heavy atom. The minimum Gasteiger partial charge on any atom is -0.345 e. The zero-order chi connectivity index (χ0) is 13.2. The van der Waals surface area contributed by atoms with Crippen LogP contribution in [0.5, 0.6) is 0 Å². The summed E-state index contributed by atoms with van der Waals surface area (Å²) in [5.74, 6) is -1.54. The second-order valence-corrected chi connectivity index (χ2v) is 4.86. The Balaban J connectivity index is 2.40. The number of carbonyl (C=O) groups is 1. The number of amides is 1. The van der Waals surface area contributed by atoms with Gasteiger partial charge in [-0.1, -0.05) is 12.8 Å². The molecule has 0 heterocycles. The molecule has 2 rings (SSSR count). The Kier molecular flexibility index (Phi) is 3.85. The highest BCUT2D eigenvalue weighted by atomic mass is 35.5. The first-order chi connectivity index (χ1) is 8.57. The van der Waals surface area contributed by atoms with Crippen LogP contribution in [-0.4, -0.2) is 11.8 Å². The van der Waals surface area contributed by atoms with Gasteiger partial charge < -0.3 is 5.32 Å². The third-order valence-electron chi connectivity index (χ3n) is 3.40. The zero-order valence-corrected chi connectivity index (χ0v) is 10.6. The Bertz CT molecular complexity index is 458. The lowest BCUT2D eigenvalue weighted by molar-refractivity contribution is -0.120. The predicted octanol–water partition coefficient (Wildman–Crippen LogP) is 3.09. The van der Waals surface area contributed by atoms with Crippen molar-refractivity contribution in [1.82, 2.24) is 5.32 Å². The van der Waals surface area contributed by atoms with Crippen molar-refractivity contribution in [3.05, 3.63) is 35.4 Å². The third-order valence-corrected chi connectivity index (χ3v) is 3.64. The van der Waals surface area contributed by atoms with Crippen LogP contribution in [0.2, 0.25) is 0 Å². The lowest BCUT2D eigenvalue weighted by atomic mass is 9.87. The lowest BCUT2D eigenvalue weighted by Gasteiger charge is -2.31. The molecule has 0 bridgehead atoms. The van der Waals surface area contributed by atoms with Gasteiger partial charge in [0.1, 0.15) is 17.5 Å². The quantitative estimate of drug-likeness (QED) is 0.843. The van der Waals surface area contributed by atoms with Crippen LogP contribution in [0.4, 0.5) is 8.78 Å². The van der Waals surface area contributed by atoms with Gasteiger partial charge in [-0.05, 0) is 31.0 Å². The molecule has 1 fully saturated rings. The van der Waals surface area contributed by atoms with Crippen molar-refractivity contribution in [2.24, 2.45) is 0 Å². The van der Waals surface area contributed by atoms with Crippen molar-refractivity contribution in [2.75, 3.05) is 5.88 Å². The van der Waals surface area contributed by atoms with E-state index in [1.54, 1.807) is 0 Å². The molecule has 0 aromatic heterocycles. The monoisotopic (exact) mass is 273 g/mol. The molecule has 1 aromatic rings. The van der Waals surface area contributed by atoms with Crippen LogP contribution in [-0.2, 0) is 10.3 Å². The molecule has 1 saturated carbocycles. The van der Waals surface area contributed by atoms with Gasteiger partial charge >= 0.3 is 0 Å². The number of halogens is 3. The zero-order valence-electron chi connectivity index (χ0n) is 9.81. The summed E-state index contributed by atoms with van der Waals surface area (Å²) in [5, 5.41) is 2.75. The van der Waals surface area contributed by atoms with Gasteiger partial charge in [-0.15, -0.1) is 11.6 Å². The number of hydrogen-bond acceptors (Lipinski definition) is 1. The molecule has 0 unspecified atom stereocenters. The van der Waals surface area contributed by atoms with Crippen molar-refractivity contribution < 1.29 is 13.6 Å². The van der Waals surface area contributed by atoms with Gasteiger partial charge in [0.05, 0.1) is 5.54 Å². The summed E-state index contributed by atoms with van der Waals surface area (Å²) in [6, 6.07) is 3.33. The molecule has 0 spiro atoms. The van der Waals surface area contributed by atoms with E-state index >= 15 is 0 Å². The van der Waals surface area contributed by atoms with E-state index in [1.165, 1.54) is 0 Å². The van der Waals surface area contributed by atoms with Crippen LogP contribution in [0.15, 0.2) is 18.2 Å². The van der Waals surface area contributed by atoms with Gasteiger partial charge in [0.25, 0.3) is 0 Å². The highest BCUT2D eigenvalue weighted by Crippen LogP contribution is 2.40. The van der Waals surface area contributed by atoms with Crippen molar-refractivity contribution >= 4 is 17.5 Å². The molecule has 0 atom stereocenters. The molecule has 98 valence electrons. The second-order valence-electron chi connectivity index (χ2n) is 4.60. The molecule has 0 saturated heterocycles. The Labute approximate surface area is 109 Å². The van der Waals surface area contributed by atoms with Gasteiger partial charge in [-0.25, -0.2) is 8.78 Å². The number of rotatable bonds is 3. The summed E-state index contributed by atoms with van der Waals surface area (Å²) in [7, 11) is 0. The average molecular weight is 274 g/mol. The highest BCUT2D eigenvalue weighted by molar-refractivity contribution is 6.27. The van der Waals surface area contributed by atoms with Gasteiger partial charge in [-0.3, -0.25) is 4.79 Å². The molecule has 1 aliphatic rings. The first-order valence-corrected chi connectivity index (χ1v) is 6.43. The summed E-state index contributed by atoms with van der Waals surface area (Å²) in [4.78, 5) is 11.5. The van der Waals surface area contributed by atoms with E-state index in [-0.39, 0.29) is 17.4 Å². The van der Waals surface area contributed by atoms with Crippen LogP contribution >= 0.6 is 11.6 Å². The number of carbonyl (C=O) groups excluding carboxylic acids is 1. The SMILES string of the molecule is O=C(CCl)NC1(c2cc(F)ccc2F)CCCC1. The minimum absolute atomic E-state index is 0.182. The third kappa shape index (κ3) is 2.48. The van der Waals surface area contributed by atoms with Crippen molar-refractivity contribution in [2.45, 2.75) is 31.2 Å². The fourth-order valence-corrected chi connectivity index (χ4v) is 2.67. The summed E-state index contributed by atoms with van der Waals surface area (Å²) < 4.78 is 27.2. The molecule has 1 N–H and O–H groups in total. The number of benzene rings is 1. The molecule has 0 radical (unpaired) electrons. The van der Waals surface area contributed by atoms with Gasteiger partial charge in [0.15, 0.2) is 0 Å². The van der Waals surface area contributed by atoms with Gasteiger partial charge in [0, 0.05) is 5.56 Å². The maximum atomic E-state index is 13.9. The number of nitrogens with one attached hydrogen (secondary N) is 1. The van der Waals surface area contributed by atoms with Crippen molar-refractivity contribution in [3.8, 4) is 0 Å². The molecule has 18 heavy (non-hydrogen) atoms. The van der Waals surface area contributed by atoms with Crippen LogP contribution in [0.25, 0.3) is 0 Å². The smallest absolute Gasteiger partial charge is 0.235 e. The Hall–Kier alpha value is -1.16. The topological polar surface area (TPSA) is 29.1 Å². The fourth-order valence-electron chi connectivity index (χ4n) is 2.60. The second kappa shape index (κ2) is 5.22. The van der Waals surface area contributed by atoms with Crippen LogP contribution in [0.3, 0.4) is 0 Å². The van der Waals surface area contributed by atoms with Crippen LogP contribution < -0.4 is 5.32 Å². The molecule has 1 aliphatic carbocycles. The molecule has 1 amide bonds. The first-order valence-electron chi connectivity index (χ1n) is 5.90. The van der Waals surface area contributed by atoms with Crippen LogP contribution in [0.1, 0.15) is 31.2 Å². The van der Waals surface area contributed by atoms with Crippen LogP contribution in [0, 0.1) is 11.6 Å². The predicted molar refractivity (Wildman–Crippen MR) is 65.4 cm³/mol. The maximum Gasteiger partial charge on any atom is 0.235 e. The molecule has 2 nitrogen and oxygen atoms in total.